The summed E-state index contributed by atoms with van der Waals surface area (Å²) >= 11 is 0. The van der Waals surface area contributed by atoms with Crippen molar-refractivity contribution in [3.8, 4) is 0 Å². The van der Waals surface area contributed by atoms with E-state index in [9.17, 15) is 19.2 Å². The summed E-state index contributed by atoms with van der Waals surface area (Å²) in [5.41, 5.74) is 1.78. The van der Waals surface area contributed by atoms with Crippen LogP contribution in [0.25, 0.3) is 6.08 Å². The molecule has 0 radical (unpaired) electrons. The van der Waals surface area contributed by atoms with Crippen LogP contribution in [0.15, 0.2) is 86.5 Å². The number of hydrogen-bond donors (Lipinski definition) is 1. The molecule has 0 spiro atoms. The number of ether oxygens (including phenoxy) is 3. The molecule has 1 aromatic carbocycles. The second-order valence-corrected chi connectivity index (χ2v) is 8.95. The van der Waals surface area contributed by atoms with E-state index >= 15 is 0 Å². The zero-order valence-electron chi connectivity index (χ0n) is 27.2. The summed E-state index contributed by atoms with van der Waals surface area (Å²) in [6.45, 7) is 27.2. The Morgan fingerprint density at radius 1 is 0.837 bits per heavy atom. The topological polar surface area (TPSA) is 116 Å². The quantitative estimate of drug-likeness (QED) is 0.0981. The van der Waals surface area contributed by atoms with Crippen LogP contribution in [0.4, 0.5) is 0 Å². The van der Waals surface area contributed by atoms with Crippen LogP contribution < -0.4 is 0 Å². The van der Waals surface area contributed by atoms with E-state index in [1.165, 1.54) is 44.6 Å². The molecule has 0 aliphatic carbocycles. The Bertz CT molecular complexity index is 936. The van der Waals surface area contributed by atoms with Crippen LogP contribution in [0.2, 0.25) is 0 Å². The molecule has 1 unspecified atom stereocenters. The van der Waals surface area contributed by atoms with Gasteiger partial charge in [0.25, 0.3) is 0 Å². The first-order chi connectivity index (χ1) is 20.3. The van der Waals surface area contributed by atoms with Gasteiger partial charge in [-0.05, 0) is 38.2 Å². The lowest BCUT2D eigenvalue weighted by Gasteiger charge is -2.13. The molecule has 0 aliphatic rings. The highest BCUT2D eigenvalue weighted by Gasteiger charge is 2.07. The van der Waals surface area contributed by atoms with Gasteiger partial charge in [-0.2, -0.15) is 0 Å². The van der Waals surface area contributed by atoms with E-state index in [1.54, 1.807) is 6.92 Å². The number of benzene rings is 1. The van der Waals surface area contributed by atoms with Gasteiger partial charge < -0.3 is 19.3 Å². The normalized spacial score (nSPS) is 9.35. The summed E-state index contributed by atoms with van der Waals surface area (Å²) < 4.78 is 13.9. The van der Waals surface area contributed by atoms with Crippen molar-refractivity contribution in [2.45, 2.75) is 73.1 Å². The molecule has 1 rings (SSSR count). The minimum atomic E-state index is -0.935. The van der Waals surface area contributed by atoms with E-state index in [0.29, 0.717) is 24.7 Å². The maximum atomic E-state index is 10.8. The molecule has 0 aromatic heterocycles. The Morgan fingerprint density at radius 2 is 1.33 bits per heavy atom. The lowest BCUT2D eigenvalue weighted by atomic mass is 10.0. The number of rotatable bonds is 14. The van der Waals surface area contributed by atoms with Crippen LogP contribution in [0, 0.1) is 5.92 Å². The van der Waals surface area contributed by atoms with Gasteiger partial charge in [0.05, 0.1) is 20.3 Å². The molecule has 8 nitrogen and oxygen atoms in total. The minimum absolute atomic E-state index is 0.176. The summed E-state index contributed by atoms with van der Waals surface area (Å²) in [7, 11) is 1.33. The lowest BCUT2D eigenvalue weighted by Crippen LogP contribution is -2.12. The molecule has 0 aliphatic heterocycles. The van der Waals surface area contributed by atoms with Gasteiger partial charge in [-0.15, -0.1) is 0 Å². The number of carboxylic acid groups (broad SMARTS) is 1. The van der Waals surface area contributed by atoms with E-state index in [-0.39, 0.29) is 23.5 Å². The van der Waals surface area contributed by atoms with Crippen molar-refractivity contribution in [1.82, 2.24) is 0 Å². The van der Waals surface area contributed by atoms with Crippen molar-refractivity contribution < 1.29 is 38.5 Å². The number of unbranched alkanes of at least 4 members (excludes halogenated alkanes) is 2. The number of carbonyl (C=O) groups is 4. The predicted octanol–water partition coefficient (Wildman–Crippen LogP) is 8.16. The Morgan fingerprint density at radius 3 is 1.63 bits per heavy atom. The zero-order valence-corrected chi connectivity index (χ0v) is 27.2. The number of methoxy groups -OCH3 is 1. The molecular weight excluding hydrogens is 548 g/mol. The second-order valence-electron chi connectivity index (χ2n) is 8.95. The third kappa shape index (κ3) is 37.8. The predicted molar refractivity (Wildman–Crippen MR) is 176 cm³/mol. The molecule has 1 N–H and O–H groups in total. The van der Waals surface area contributed by atoms with Crippen LogP contribution >= 0.6 is 0 Å². The van der Waals surface area contributed by atoms with E-state index in [4.69, 9.17) is 9.84 Å². The third-order valence-electron chi connectivity index (χ3n) is 5.01. The van der Waals surface area contributed by atoms with E-state index in [2.05, 4.69) is 56.2 Å². The van der Waals surface area contributed by atoms with Gasteiger partial charge >= 0.3 is 23.9 Å². The fraction of sp³-hybridized carbons (Fsp3) is 0.429. The molecule has 8 heteroatoms. The van der Waals surface area contributed by atoms with Crippen molar-refractivity contribution in [2.24, 2.45) is 5.92 Å². The Kier molecular flexibility index (Phi) is 36.2. The molecule has 0 saturated carbocycles. The Labute approximate surface area is 259 Å². The summed E-state index contributed by atoms with van der Waals surface area (Å²) in [6, 6.07) is 10.0. The van der Waals surface area contributed by atoms with Crippen molar-refractivity contribution in [3.05, 3.63) is 92.1 Å². The monoisotopic (exact) mass is 602 g/mol. The summed E-state index contributed by atoms with van der Waals surface area (Å²) in [5, 5.41) is 7.89. The number of carboxylic acids is 1. The highest BCUT2D eigenvalue weighted by molar-refractivity contribution is 5.86. The third-order valence-corrected chi connectivity index (χ3v) is 5.01. The van der Waals surface area contributed by atoms with Crippen molar-refractivity contribution >= 4 is 30.0 Å². The average molecular weight is 603 g/mol. The fourth-order valence-electron chi connectivity index (χ4n) is 2.30. The van der Waals surface area contributed by atoms with Gasteiger partial charge in [0.2, 0.25) is 0 Å². The number of esters is 3. The van der Waals surface area contributed by atoms with E-state index in [1.807, 2.05) is 43.3 Å². The highest BCUT2D eigenvalue weighted by Crippen LogP contribution is 2.12. The van der Waals surface area contributed by atoms with Gasteiger partial charge in [-0.1, -0.05) is 116 Å². The fourth-order valence-corrected chi connectivity index (χ4v) is 2.30. The molecule has 0 amide bonds. The highest BCUT2D eigenvalue weighted by atomic mass is 16.5. The lowest BCUT2D eigenvalue weighted by molar-refractivity contribution is -0.139. The van der Waals surface area contributed by atoms with Crippen molar-refractivity contribution in [2.75, 3.05) is 20.3 Å². The molecule has 0 bridgehead atoms. The first-order valence-corrected chi connectivity index (χ1v) is 14.2. The minimum Gasteiger partial charge on any atom is -0.478 e. The number of hydrogen-bond acceptors (Lipinski definition) is 7. The van der Waals surface area contributed by atoms with Gasteiger partial charge in [-0.3, -0.25) is 0 Å². The van der Waals surface area contributed by atoms with Crippen LogP contribution in [-0.4, -0.2) is 49.3 Å². The SMILES string of the molecule is C=C(C)C(=O)O.C=C(C)C(=O)OC.C=CC(=O)OCC(CC)CCCC.C=CC(=O)OCCCC.C=Cc1ccccc1. The average Bonchev–Trinajstić information content (AvgIpc) is 3.02. The number of carbonyl (C=O) groups excluding carboxylic acids is 3. The molecule has 1 aromatic rings. The maximum absolute atomic E-state index is 10.8. The first-order valence-electron chi connectivity index (χ1n) is 14.2. The van der Waals surface area contributed by atoms with E-state index in [0.717, 1.165) is 25.7 Å². The summed E-state index contributed by atoms with van der Waals surface area (Å²) in [5.74, 6) is -1.41. The Balaban J connectivity index is -0.000000227. The van der Waals surface area contributed by atoms with Crippen molar-refractivity contribution in [3.63, 3.8) is 0 Å². The van der Waals surface area contributed by atoms with Crippen molar-refractivity contribution in [1.29, 1.82) is 0 Å². The van der Waals surface area contributed by atoms with Gasteiger partial charge in [0.15, 0.2) is 0 Å². The Hall–Kier alpha value is -4.20. The second kappa shape index (κ2) is 34.0. The van der Waals surface area contributed by atoms with Gasteiger partial charge in [-0.25, -0.2) is 19.2 Å². The molecule has 0 heterocycles. The van der Waals surface area contributed by atoms with Crippen LogP contribution in [-0.2, 0) is 33.4 Å². The van der Waals surface area contributed by atoms with Gasteiger partial charge in [0, 0.05) is 23.3 Å². The molecule has 0 saturated heterocycles. The maximum Gasteiger partial charge on any atom is 0.332 e. The van der Waals surface area contributed by atoms with E-state index < -0.39 is 5.97 Å². The first kappa shape index (κ1) is 45.8. The smallest absolute Gasteiger partial charge is 0.332 e. The molecule has 1 atom stereocenters. The van der Waals surface area contributed by atoms with Gasteiger partial charge in [0.1, 0.15) is 0 Å². The summed E-state index contributed by atoms with van der Waals surface area (Å²) in [4.78, 5) is 40.9. The van der Waals surface area contributed by atoms with Crippen LogP contribution in [0.1, 0.15) is 78.7 Å². The standard InChI is InChI=1S/C11H20O2.C8H8.C7H12O2.C5H8O2.C4H6O2/c1-4-7-8-10(5-2)9-13-11(12)6-3;1-2-8-6-4-3-5-7-8;1-3-5-6-9-7(8)4-2;1-4(2)5(6)7-3;1-3(2)4(5)6/h6,10H,3-5,7-9H2,1-2H3;2-7H,1H2;4H,2-3,5-6H2,1H3;1H2,2-3H3;1H2,2H3,(H,5,6). The zero-order chi connectivity index (χ0) is 34.1. The summed E-state index contributed by atoms with van der Waals surface area (Å²) in [6.07, 6.45) is 10.8. The largest absolute Gasteiger partial charge is 0.478 e. The number of aliphatic carboxylic acids is 1. The molecule has 43 heavy (non-hydrogen) atoms. The molecular formula is C35H54O8. The van der Waals surface area contributed by atoms with Crippen LogP contribution in [0.5, 0.6) is 0 Å². The van der Waals surface area contributed by atoms with Crippen LogP contribution in [0.3, 0.4) is 0 Å². The molecule has 242 valence electrons. The molecule has 0 fully saturated rings.